The molecule has 1 aromatic carbocycles. The van der Waals surface area contributed by atoms with Crippen molar-refractivity contribution in [2.24, 2.45) is 5.92 Å². The van der Waals surface area contributed by atoms with Gasteiger partial charge in [0.1, 0.15) is 0 Å². The predicted octanol–water partition coefficient (Wildman–Crippen LogP) is 2.01. The van der Waals surface area contributed by atoms with E-state index in [4.69, 9.17) is 5.73 Å². The van der Waals surface area contributed by atoms with Gasteiger partial charge in [-0.05, 0) is 36.5 Å². The maximum Gasteiger partial charge on any atom is 0.234 e. The molecule has 0 aromatic heterocycles. The summed E-state index contributed by atoms with van der Waals surface area (Å²) in [5, 5.41) is 2.99. The lowest BCUT2D eigenvalue weighted by Gasteiger charge is -2.22. The van der Waals surface area contributed by atoms with Crippen LogP contribution in [0.3, 0.4) is 0 Å². The number of anilines is 1. The number of nitrogens with two attached hydrogens (primary N) is 1. The van der Waals surface area contributed by atoms with Gasteiger partial charge >= 0.3 is 0 Å². The molecule has 0 saturated heterocycles. The van der Waals surface area contributed by atoms with E-state index in [0.717, 1.165) is 18.8 Å². The largest absolute Gasteiger partial charge is 0.399 e. The minimum atomic E-state index is 0.120. The Morgan fingerprint density at radius 3 is 2.80 bits per heavy atom. The molecule has 2 rings (SSSR count). The summed E-state index contributed by atoms with van der Waals surface area (Å²) in [6.07, 6.45) is 2.39. The van der Waals surface area contributed by atoms with Crippen LogP contribution in [0.1, 0.15) is 32.3 Å². The lowest BCUT2D eigenvalue weighted by atomic mass is 10.2. The third-order valence-corrected chi connectivity index (χ3v) is 3.45. The van der Waals surface area contributed by atoms with Gasteiger partial charge in [-0.25, -0.2) is 0 Å². The van der Waals surface area contributed by atoms with Crippen LogP contribution in [-0.4, -0.2) is 29.9 Å². The van der Waals surface area contributed by atoms with E-state index in [1.807, 2.05) is 18.2 Å². The van der Waals surface area contributed by atoms with Crippen molar-refractivity contribution in [2.75, 3.05) is 18.8 Å². The average Bonchev–Trinajstić information content (AvgIpc) is 3.20. The lowest BCUT2D eigenvalue weighted by molar-refractivity contribution is -0.122. The summed E-state index contributed by atoms with van der Waals surface area (Å²) in [4.78, 5) is 14.2. The predicted molar refractivity (Wildman–Crippen MR) is 82.1 cm³/mol. The maximum absolute atomic E-state index is 12.0. The average molecular weight is 275 g/mol. The highest BCUT2D eigenvalue weighted by Gasteiger charge is 2.30. The first kappa shape index (κ1) is 14.9. The molecular weight excluding hydrogens is 250 g/mol. The zero-order valence-electron chi connectivity index (χ0n) is 12.4. The summed E-state index contributed by atoms with van der Waals surface area (Å²) in [5.41, 5.74) is 7.77. The van der Waals surface area contributed by atoms with Crippen molar-refractivity contribution >= 4 is 11.6 Å². The summed E-state index contributed by atoms with van der Waals surface area (Å²) >= 11 is 0. The van der Waals surface area contributed by atoms with Gasteiger partial charge in [-0.15, -0.1) is 0 Å². The number of amides is 1. The Bertz CT molecular complexity index is 455. The molecule has 1 fully saturated rings. The van der Waals surface area contributed by atoms with E-state index in [2.05, 4.69) is 30.1 Å². The summed E-state index contributed by atoms with van der Waals surface area (Å²) in [7, 11) is 0. The normalized spacial score (nSPS) is 14.8. The molecule has 1 amide bonds. The van der Waals surface area contributed by atoms with E-state index in [9.17, 15) is 4.79 Å². The molecule has 0 aliphatic heterocycles. The Morgan fingerprint density at radius 2 is 2.20 bits per heavy atom. The Labute approximate surface area is 121 Å². The molecule has 0 unspecified atom stereocenters. The fraction of sp³-hybridized carbons (Fsp3) is 0.562. The van der Waals surface area contributed by atoms with Gasteiger partial charge in [0.25, 0.3) is 0 Å². The van der Waals surface area contributed by atoms with Gasteiger partial charge in [0.05, 0.1) is 6.54 Å². The molecule has 0 radical (unpaired) electrons. The van der Waals surface area contributed by atoms with Crippen LogP contribution >= 0.6 is 0 Å². The fourth-order valence-corrected chi connectivity index (χ4v) is 2.24. The summed E-state index contributed by atoms with van der Waals surface area (Å²) < 4.78 is 0. The van der Waals surface area contributed by atoms with E-state index in [-0.39, 0.29) is 5.91 Å². The van der Waals surface area contributed by atoms with Crippen LogP contribution in [0, 0.1) is 5.92 Å². The van der Waals surface area contributed by atoms with Crippen molar-refractivity contribution < 1.29 is 4.79 Å². The number of hydrogen-bond donors (Lipinski definition) is 2. The van der Waals surface area contributed by atoms with Gasteiger partial charge in [-0.3, -0.25) is 9.69 Å². The molecule has 1 aromatic rings. The second-order valence-electron chi connectivity index (χ2n) is 6.08. The number of nitrogen functional groups attached to an aromatic ring is 1. The fourth-order valence-electron chi connectivity index (χ4n) is 2.24. The molecule has 110 valence electrons. The standard InChI is InChI=1S/C16H25N3O/c1-12(2)9-18-16(20)11-19(15-6-7-15)10-13-4-3-5-14(17)8-13/h3-5,8,12,15H,6-7,9-11,17H2,1-2H3,(H,18,20). The van der Waals surface area contributed by atoms with E-state index in [1.165, 1.54) is 18.4 Å². The molecule has 0 spiro atoms. The smallest absolute Gasteiger partial charge is 0.234 e. The molecular formula is C16H25N3O. The van der Waals surface area contributed by atoms with E-state index in [1.54, 1.807) is 0 Å². The van der Waals surface area contributed by atoms with Gasteiger partial charge in [-0.1, -0.05) is 26.0 Å². The number of rotatable bonds is 7. The number of nitrogens with one attached hydrogen (secondary N) is 1. The van der Waals surface area contributed by atoms with Crippen molar-refractivity contribution in [1.82, 2.24) is 10.2 Å². The van der Waals surface area contributed by atoms with Crippen LogP contribution in [0.15, 0.2) is 24.3 Å². The molecule has 4 nitrogen and oxygen atoms in total. The molecule has 0 bridgehead atoms. The lowest BCUT2D eigenvalue weighted by Crippen LogP contribution is -2.39. The molecule has 0 atom stereocenters. The summed E-state index contributed by atoms with van der Waals surface area (Å²) in [6.45, 7) is 6.23. The van der Waals surface area contributed by atoms with Crippen molar-refractivity contribution in [3.05, 3.63) is 29.8 Å². The third kappa shape index (κ3) is 4.85. The molecule has 1 aliphatic carbocycles. The van der Waals surface area contributed by atoms with Gasteiger partial charge in [0, 0.05) is 24.8 Å². The second-order valence-corrected chi connectivity index (χ2v) is 6.08. The maximum atomic E-state index is 12.0. The van der Waals surface area contributed by atoms with Crippen LogP contribution in [0.25, 0.3) is 0 Å². The quantitative estimate of drug-likeness (QED) is 0.748. The number of hydrogen-bond acceptors (Lipinski definition) is 3. The van der Waals surface area contributed by atoms with E-state index >= 15 is 0 Å². The zero-order valence-corrected chi connectivity index (χ0v) is 12.4. The Morgan fingerprint density at radius 1 is 1.45 bits per heavy atom. The molecule has 0 heterocycles. The van der Waals surface area contributed by atoms with Crippen molar-refractivity contribution in [2.45, 2.75) is 39.3 Å². The van der Waals surface area contributed by atoms with Gasteiger partial charge < -0.3 is 11.1 Å². The van der Waals surface area contributed by atoms with E-state index in [0.29, 0.717) is 18.5 Å². The SMILES string of the molecule is CC(C)CNC(=O)CN(Cc1cccc(N)c1)C1CC1. The number of carbonyl (C=O) groups is 1. The van der Waals surface area contributed by atoms with Crippen molar-refractivity contribution in [1.29, 1.82) is 0 Å². The molecule has 1 aliphatic rings. The number of nitrogens with zero attached hydrogens (tertiary/aromatic N) is 1. The first-order valence-corrected chi connectivity index (χ1v) is 7.39. The second kappa shape index (κ2) is 6.75. The molecule has 3 N–H and O–H groups in total. The van der Waals surface area contributed by atoms with Crippen LogP contribution in [0.4, 0.5) is 5.69 Å². The highest BCUT2D eigenvalue weighted by atomic mass is 16.2. The van der Waals surface area contributed by atoms with Gasteiger partial charge in [-0.2, -0.15) is 0 Å². The first-order chi connectivity index (χ1) is 9.54. The minimum Gasteiger partial charge on any atom is -0.399 e. The molecule has 1 saturated carbocycles. The Hall–Kier alpha value is -1.55. The van der Waals surface area contributed by atoms with Crippen LogP contribution in [0.5, 0.6) is 0 Å². The summed E-state index contributed by atoms with van der Waals surface area (Å²) in [5.74, 6) is 0.608. The minimum absolute atomic E-state index is 0.120. The Kier molecular flexibility index (Phi) is 5.01. The first-order valence-electron chi connectivity index (χ1n) is 7.39. The van der Waals surface area contributed by atoms with Crippen LogP contribution in [-0.2, 0) is 11.3 Å². The van der Waals surface area contributed by atoms with Gasteiger partial charge in [0.15, 0.2) is 0 Å². The number of carbonyl (C=O) groups excluding carboxylic acids is 1. The molecule has 4 heteroatoms. The van der Waals surface area contributed by atoms with Crippen molar-refractivity contribution in [3.63, 3.8) is 0 Å². The topological polar surface area (TPSA) is 58.4 Å². The van der Waals surface area contributed by atoms with Gasteiger partial charge in [0.2, 0.25) is 5.91 Å². The summed E-state index contributed by atoms with van der Waals surface area (Å²) in [6, 6.07) is 8.47. The van der Waals surface area contributed by atoms with Crippen molar-refractivity contribution in [3.8, 4) is 0 Å². The Balaban J connectivity index is 1.89. The highest BCUT2D eigenvalue weighted by molar-refractivity contribution is 5.78. The van der Waals surface area contributed by atoms with Crippen LogP contribution < -0.4 is 11.1 Å². The monoisotopic (exact) mass is 275 g/mol. The molecule has 20 heavy (non-hydrogen) atoms. The highest BCUT2D eigenvalue weighted by Crippen LogP contribution is 2.28. The number of benzene rings is 1. The van der Waals surface area contributed by atoms with E-state index < -0.39 is 0 Å². The zero-order chi connectivity index (χ0) is 14.5. The van der Waals surface area contributed by atoms with Crippen LogP contribution in [0.2, 0.25) is 0 Å². The third-order valence-electron chi connectivity index (χ3n) is 3.45.